The van der Waals surface area contributed by atoms with Gasteiger partial charge in [-0.05, 0) is 19.3 Å². The van der Waals surface area contributed by atoms with Crippen molar-refractivity contribution >= 4 is 11.9 Å². The zero-order valence-corrected chi connectivity index (χ0v) is 18.6. The van der Waals surface area contributed by atoms with Crippen molar-refractivity contribution in [2.45, 2.75) is 103 Å². The van der Waals surface area contributed by atoms with Crippen molar-refractivity contribution in [3.63, 3.8) is 0 Å². The van der Waals surface area contributed by atoms with Crippen LogP contribution in [0.3, 0.4) is 0 Å². The fraction of sp³-hybridized carbons (Fsp3) is 0.909. The lowest BCUT2D eigenvalue weighted by Gasteiger charge is -2.29. The predicted molar refractivity (Wildman–Crippen MR) is 109 cm³/mol. The van der Waals surface area contributed by atoms with Crippen LogP contribution in [0.15, 0.2) is 0 Å². The number of aliphatic carboxylic acids is 1. The number of carboxylic acid groups (broad SMARTS) is 1. The standard InChI is InChI=1S/C22H43NO5/c1-5-6-7-11-14-19(24)15-12-9-8-10-13-16-22(27)28-20(17-21(25)26)18-23(2,3)4/h19-20,24H,5-18H2,1-4H3. The highest BCUT2D eigenvalue weighted by Crippen LogP contribution is 2.14. The summed E-state index contributed by atoms with van der Waals surface area (Å²) >= 11 is 0. The van der Waals surface area contributed by atoms with Crippen LogP contribution in [0.25, 0.3) is 0 Å². The summed E-state index contributed by atoms with van der Waals surface area (Å²) in [5.74, 6) is -1.53. The number of nitrogens with zero attached hydrogens (tertiary/aromatic N) is 1. The van der Waals surface area contributed by atoms with Crippen LogP contribution in [0, 0.1) is 0 Å². The molecule has 2 atom stereocenters. The number of rotatable bonds is 18. The van der Waals surface area contributed by atoms with Gasteiger partial charge in [0, 0.05) is 18.8 Å². The average molecular weight is 402 g/mol. The van der Waals surface area contributed by atoms with Crippen molar-refractivity contribution in [1.29, 1.82) is 0 Å². The van der Waals surface area contributed by atoms with Crippen LogP contribution in [-0.4, -0.2) is 61.4 Å². The number of carboxylic acids is 1. The molecule has 0 aromatic carbocycles. The number of carbonyl (C=O) groups is 2. The van der Waals surface area contributed by atoms with E-state index in [0.717, 1.165) is 51.4 Å². The number of quaternary nitrogens is 1. The highest BCUT2D eigenvalue weighted by Gasteiger charge is 2.22. The number of likely N-dealkylation sites (N-methyl/N-ethyl adjacent to an activating group) is 1. The first-order valence-corrected chi connectivity index (χ1v) is 11.0. The maximum atomic E-state index is 12.0. The molecule has 0 saturated heterocycles. The number of hydrogen-bond donors (Lipinski definition) is 1. The molecule has 28 heavy (non-hydrogen) atoms. The number of ether oxygens (including phenoxy) is 1. The van der Waals surface area contributed by atoms with Gasteiger partial charge in [0.15, 0.2) is 6.10 Å². The Morgan fingerprint density at radius 2 is 1.46 bits per heavy atom. The number of carbonyl (C=O) groups excluding carboxylic acids is 2. The SMILES string of the molecule is CCCCCCC(O)CCCCCCCC(=O)OC(CC(=O)[O-])C[N+](C)(C)C. The number of unbranched alkanes of at least 4 members (excludes halogenated alkanes) is 7. The lowest BCUT2D eigenvalue weighted by Crippen LogP contribution is -2.45. The Hall–Kier alpha value is -1.14. The number of aliphatic hydroxyl groups excluding tert-OH is 1. The lowest BCUT2D eigenvalue weighted by molar-refractivity contribution is -0.873. The molecule has 0 bridgehead atoms. The van der Waals surface area contributed by atoms with E-state index in [1.165, 1.54) is 19.3 Å². The van der Waals surface area contributed by atoms with Gasteiger partial charge in [-0.1, -0.05) is 58.3 Å². The second kappa shape index (κ2) is 15.7. The maximum absolute atomic E-state index is 12.0. The molecule has 0 aromatic heterocycles. The molecule has 2 unspecified atom stereocenters. The zero-order valence-electron chi connectivity index (χ0n) is 18.6. The van der Waals surface area contributed by atoms with Gasteiger partial charge >= 0.3 is 5.97 Å². The second-order valence-corrected chi connectivity index (χ2v) is 8.97. The minimum atomic E-state index is -1.20. The van der Waals surface area contributed by atoms with Crippen molar-refractivity contribution in [3.05, 3.63) is 0 Å². The van der Waals surface area contributed by atoms with E-state index in [1.807, 2.05) is 21.1 Å². The first-order chi connectivity index (χ1) is 13.1. The van der Waals surface area contributed by atoms with Gasteiger partial charge in [0.2, 0.25) is 0 Å². The summed E-state index contributed by atoms with van der Waals surface area (Å²) in [6.07, 6.45) is 10.6. The topological polar surface area (TPSA) is 86.7 Å². The lowest BCUT2D eigenvalue weighted by atomic mass is 10.0. The van der Waals surface area contributed by atoms with Gasteiger partial charge in [0.25, 0.3) is 0 Å². The van der Waals surface area contributed by atoms with Crippen molar-refractivity contribution < 1.29 is 29.0 Å². The molecule has 6 heteroatoms. The molecule has 0 fully saturated rings. The summed E-state index contributed by atoms with van der Waals surface area (Å²) in [5, 5.41) is 20.8. The van der Waals surface area contributed by atoms with Gasteiger partial charge < -0.3 is 24.2 Å². The van der Waals surface area contributed by atoms with E-state index in [4.69, 9.17) is 4.74 Å². The fourth-order valence-electron chi connectivity index (χ4n) is 3.32. The van der Waals surface area contributed by atoms with Crippen LogP contribution in [0.1, 0.15) is 90.4 Å². The minimum absolute atomic E-state index is 0.172. The molecule has 0 spiro atoms. The predicted octanol–water partition coefficient (Wildman–Crippen LogP) is 2.81. The van der Waals surface area contributed by atoms with Gasteiger partial charge in [-0.3, -0.25) is 4.79 Å². The third-order valence-corrected chi connectivity index (χ3v) is 4.75. The van der Waals surface area contributed by atoms with Crippen LogP contribution in [0.4, 0.5) is 0 Å². The Balaban J connectivity index is 3.78. The monoisotopic (exact) mass is 401 g/mol. The molecule has 0 rings (SSSR count). The van der Waals surface area contributed by atoms with E-state index in [0.29, 0.717) is 17.4 Å². The van der Waals surface area contributed by atoms with E-state index < -0.39 is 12.1 Å². The Kier molecular flexibility index (Phi) is 15.1. The molecule has 1 N–H and O–H groups in total. The molecule has 0 amide bonds. The molecule has 166 valence electrons. The highest BCUT2D eigenvalue weighted by molar-refractivity contribution is 5.70. The molecule has 0 radical (unpaired) electrons. The molecule has 6 nitrogen and oxygen atoms in total. The van der Waals surface area contributed by atoms with Crippen molar-refractivity contribution in [3.8, 4) is 0 Å². The van der Waals surface area contributed by atoms with Gasteiger partial charge in [-0.2, -0.15) is 0 Å². The molecule has 0 heterocycles. The second-order valence-electron chi connectivity index (χ2n) is 8.97. The van der Waals surface area contributed by atoms with Crippen LogP contribution >= 0.6 is 0 Å². The molecule has 0 saturated carbocycles. The van der Waals surface area contributed by atoms with Gasteiger partial charge in [-0.25, -0.2) is 0 Å². The Morgan fingerprint density at radius 1 is 0.929 bits per heavy atom. The Labute approximate surface area is 171 Å². The number of esters is 1. The Bertz CT molecular complexity index is 420. The van der Waals surface area contributed by atoms with Crippen LogP contribution < -0.4 is 5.11 Å². The van der Waals surface area contributed by atoms with E-state index in [9.17, 15) is 19.8 Å². The average Bonchev–Trinajstić information content (AvgIpc) is 2.55. The van der Waals surface area contributed by atoms with Gasteiger partial charge in [0.05, 0.1) is 27.2 Å². The van der Waals surface area contributed by atoms with E-state index >= 15 is 0 Å². The van der Waals surface area contributed by atoms with Crippen LogP contribution in [-0.2, 0) is 14.3 Å². The van der Waals surface area contributed by atoms with Gasteiger partial charge in [-0.15, -0.1) is 0 Å². The molecule has 0 aliphatic heterocycles. The smallest absolute Gasteiger partial charge is 0.306 e. The summed E-state index contributed by atoms with van der Waals surface area (Å²) < 4.78 is 5.87. The summed E-state index contributed by atoms with van der Waals surface area (Å²) in [7, 11) is 5.79. The van der Waals surface area contributed by atoms with E-state index in [1.54, 1.807) is 0 Å². The quantitative estimate of drug-likeness (QED) is 0.217. The summed E-state index contributed by atoms with van der Waals surface area (Å²) in [6.45, 7) is 2.63. The molecular weight excluding hydrogens is 358 g/mol. The normalized spacial score (nSPS) is 13.9. The van der Waals surface area contributed by atoms with E-state index in [-0.39, 0.29) is 18.5 Å². The maximum Gasteiger partial charge on any atom is 0.306 e. The van der Waals surface area contributed by atoms with Crippen molar-refractivity contribution in [2.75, 3.05) is 27.7 Å². The molecule has 0 aliphatic carbocycles. The zero-order chi connectivity index (χ0) is 21.4. The third kappa shape index (κ3) is 18.2. The number of hydrogen-bond acceptors (Lipinski definition) is 5. The van der Waals surface area contributed by atoms with Crippen LogP contribution in [0.5, 0.6) is 0 Å². The third-order valence-electron chi connectivity index (χ3n) is 4.75. The summed E-state index contributed by atoms with van der Waals surface area (Å²) in [6, 6.07) is 0. The van der Waals surface area contributed by atoms with Gasteiger partial charge in [0.1, 0.15) is 6.54 Å². The molecule has 0 aliphatic rings. The molecular formula is C22H43NO5. The highest BCUT2D eigenvalue weighted by atomic mass is 16.5. The van der Waals surface area contributed by atoms with E-state index in [2.05, 4.69) is 6.92 Å². The first kappa shape index (κ1) is 26.9. The minimum Gasteiger partial charge on any atom is -0.550 e. The molecule has 0 aromatic rings. The number of aliphatic hydroxyl groups is 1. The summed E-state index contributed by atoms with van der Waals surface area (Å²) in [5.41, 5.74) is 0. The first-order valence-electron chi connectivity index (χ1n) is 11.0. The van der Waals surface area contributed by atoms with Crippen molar-refractivity contribution in [2.24, 2.45) is 0 Å². The Morgan fingerprint density at radius 3 is 2.00 bits per heavy atom. The largest absolute Gasteiger partial charge is 0.550 e. The van der Waals surface area contributed by atoms with Crippen molar-refractivity contribution in [1.82, 2.24) is 0 Å². The fourth-order valence-corrected chi connectivity index (χ4v) is 3.32. The van der Waals surface area contributed by atoms with Crippen LogP contribution in [0.2, 0.25) is 0 Å². The summed E-state index contributed by atoms with van der Waals surface area (Å²) in [4.78, 5) is 22.8.